The zero-order chi connectivity index (χ0) is 18.6. The predicted octanol–water partition coefficient (Wildman–Crippen LogP) is 4.19. The number of rotatable bonds is 5. The average Bonchev–Trinajstić information content (AvgIpc) is 2.56. The summed E-state index contributed by atoms with van der Waals surface area (Å²) in [5.74, 6) is -3.96. The van der Waals surface area contributed by atoms with Crippen molar-refractivity contribution in [3.8, 4) is 0 Å². The average molecular weight is 384 g/mol. The molecule has 8 heteroatoms. The van der Waals surface area contributed by atoms with Gasteiger partial charge in [0, 0.05) is 5.69 Å². The molecular formula is C17H12Cl2FNO4. The van der Waals surface area contributed by atoms with Crippen molar-refractivity contribution in [1.29, 1.82) is 0 Å². The maximum atomic E-state index is 13.0. The topological polar surface area (TPSA) is 77.8 Å². The van der Waals surface area contributed by atoms with Crippen molar-refractivity contribution in [2.24, 2.45) is 0 Å². The molecule has 0 unspecified atom stereocenters. The van der Waals surface area contributed by atoms with Crippen LogP contribution in [0.2, 0.25) is 10.0 Å². The van der Waals surface area contributed by atoms with Crippen LogP contribution < -0.4 is 4.90 Å². The summed E-state index contributed by atoms with van der Waals surface area (Å²) in [5.41, 5.74) is 0.919. The van der Waals surface area contributed by atoms with Gasteiger partial charge in [-0.15, -0.1) is 0 Å². The molecule has 0 fully saturated rings. The summed E-state index contributed by atoms with van der Waals surface area (Å²) >= 11 is 11.8. The van der Waals surface area contributed by atoms with Crippen LogP contribution in [0.5, 0.6) is 0 Å². The van der Waals surface area contributed by atoms with Crippen molar-refractivity contribution < 1.29 is 24.2 Å². The van der Waals surface area contributed by atoms with Crippen LogP contribution in [-0.2, 0) is 16.1 Å². The van der Waals surface area contributed by atoms with Gasteiger partial charge < -0.3 is 15.1 Å². The Labute approximate surface area is 152 Å². The number of hydrogen-bond donors (Lipinski definition) is 2. The lowest BCUT2D eigenvalue weighted by Crippen LogP contribution is -2.29. The van der Waals surface area contributed by atoms with Crippen molar-refractivity contribution in [3.05, 3.63) is 75.7 Å². The number of anilines is 1. The van der Waals surface area contributed by atoms with Crippen molar-refractivity contribution in [2.75, 3.05) is 4.90 Å². The lowest BCUT2D eigenvalue weighted by Gasteiger charge is -2.22. The number of aliphatic carboxylic acids is 1. The lowest BCUT2D eigenvalue weighted by atomic mass is 10.2. The molecule has 0 spiro atoms. The van der Waals surface area contributed by atoms with Crippen LogP contribution in [0.25, 0.3) is 0 Å². The fourth-order valence-electron chi connectivity index (χ4n) is 1.98. The Hall–Kier alpha value is -2.57. The van der Waals surface area contributed by atoms with E-state index in [1.54, 1.807) is 0 Å². The molecule has 5 nitrogen and oxygen atoms in total. The van der Waals surface area contributed by atoms with Gasteiger partial charge in [-0.1, -0.05) is 35.3 Å². The first-order valence-corrected chi connectivity index (χ1v) is 7.68. The van der Waals surface area contributed by atoms with Crippen LogP contribution in [0, 0.1) is 5.82 Å². The van der Waals surface area contributed by atoms with E-state index in [9.17, 15) is 19.1 Å². The number of carbonyl (C=O) groups excluding carboxylic acids is 1. The molecule has 0 saturated heterocycles. The largest absolute Gasteiger partial charge is 0.502 e. The number of carboxylic acid groups (broad SMARTS) is 1. The molecule has 0 saturated carbocycles. The number of amides is 1. The number of carbonyl (C=O) groups is 2. The summed E-state index contributed by atoms with van der Waals surface area (Å²) in [6.45, 7) is 0.000470. The minimum absolute atomic E-state index is 0.000470. The minimum atomic E-state index is -1.63. The highest BCUT2D eigenvalue weighted by Gasteiger charge is 2.18. The highest BCUT2D eigenvalue weighted by atomic mass is 35.5. The molecule has 0 aliphatic carbocycles. The molecule has 0 radical (unpaired) electrons. The Morgan fingerprint density at radius 1 is 1.04 bits per heavy atom. The molecule has 1 amide bonds. The summed E-state index contributed by atoms with van der Waals surface area (Å²) in [6, 6.07) is 9.85. The predicted molar refractivity (Wildman–Crippen MR) is 92.4 cm³/mol. The molecule has 2 aromatic rings. The molecule has 130 valence electrons. The molecular weight excluding hydrogens is 372 g/mol. The van der Waals surface area contributed by atoms with E-state index in [0.29, 0.717) is 17.3 Å². The molecule has 25 heavy (non-hydrogen) atoms. The van der Waals surface area contributed by atoms with E-state index in [4.69, 9.17) is 28.3 Å². The van der Waals surface area contributed by atoms with Gasteiger partial charge in [0.1, 0.15) is 5.82 Å². The molecule has 0 aromatic heterocycles. The maximum Gasteiger partial charge on any atom is 0.371 e. The van der Waals surface area contributed by atoms with Gasteiger partial charge in [0.15, 0.2) is 0 Å². The van der Waals surface area contributed by atoms with Crippen LogP contribution in [0.1, 0.15) is 5.56 Å². The molecule has 0 bridgehead atoms. The van der Waals surface area contributed by atoms with Gasteiger partial charge in [0.05, 0.1) is 22.7 Å². The second-order valence-corrected chi connectivity index (χ2v) is 5.80. The summed E-state index contributed by atoms with van der Waals surface area (Å²) in [6.07, 6.45) is 0.578. The Kier molecular flexibility index (Phi) is 6.01. The Balaban J connectivity index is 2.41. The summed E-state index contributed by atoms with van der Waals surface area (Å²) < 4.78 is 13.0. The van der Waals surface area contributed by atoms with E-state index in [1.165, 1.54) is 47.4 Å². The standard InChI is InChI=1S/C17H12Cl2FNO4/c18-13-6-5-12(7-14(13)19)21(16(23)8-15(22)17(24)25)9-10-1-3-11(20)4-2-10/h1-8,22H,9H2,(H,24,25)/b15-8-. The first-order chi connectivity index (χ1) is 11.8. The lowest BCUT2D eigenvalue weighted by molar-refractivity contribution is -0.135. The second-order valence-electron chi connectivity index (χ2n) is 4.98. The minimum Gasteiger partial charge on any atom is -0.502 e. The summed E-state index contributed by atoms with van der Waals surface area (Å²) in [7, 11) is 0. The smallest absolute Gasteiger partial charge is 0.371 e. The molecule has 0 aliphatic rings. The number of benzene rings is 2. The van der Waals surface area contributed by atoms with E-state index in [1.807, 2.05) is 0 Å². The number of aliphatic hydroxyl groups excluding tert-OH is 1. The van der Waals surface area contributed by atoms with Crippen molar-refractivity contribution in [2.45, 2.75) is 6.54 Å². The molecule has 2 aromatic carbocycles. The zero-order valence-electron chi connectivity index (χ0n) is 12.6. The van der Waals surface area contributed by atoms with Gasteiger partial charge in [-0.25, -0.2) is 9.18 Å². The van der Waals surface area contributed by atoms with Crippen LogP contribution in [0.3, 0.4) is 0 Å². The zero-order valence-corrected chi connectivity index (χ0v) is 14.1. The quantitative estimate of drug-likeness (QED) is 0.599. The highest BCUT2D eigenvalue weighted by molar-refractivity contribution is 6.42. The molecule has 2 N–H and O–H groups in total. The second kappa shape index (κ2) is 8.00. The molecule has 0 heterocycles. The van der Waals surface area contributed by atoms with E-state index in [-0.39, 0.29) is 16.6 Å². The van der Waals surface area contributed by atoms with Gasteiger partial charge in [-0.3, -0.25) is 4.79 Å². The Bertz CT molecular complexity index is 837. The monoisotopic (exact) mass is 383 g/mol. The third-order valence-corrected chi connectivity index (χ3v) is 3.95. The van der Waals surface area contributed by atoms with E-state index in [0.717, 1.165) is 0 Å². The fourth-order valence-corrected chi connectivity index (χ4v) is 2.27. The number of aliphatic hydroxyl groups is 1. The third kappa shape index (κ3) is 4.95. The summed E-state index contributed by atoms with van der Waals surface area (Å²) in [4.78, 5) is 24.3. The van der Waals surface area contributed by atoms with Crippen LogP contribution >= 0.6 is 23.2 Å². The number of carboxylic acids is 1. The van der Waals surface area contributed by atoms with Crippen molar-refractivity contribution >= 4 is 40.8 Å². The molecule has 0 aliphatic heterocycles. The first kappa shape index (κ1) is 18.8. The van der Waals surface area contributed by atoms with Gasteiger partial charge >= 0.3 is 5.97 Å². The first-order valence-electron chi connectivity index (χ1n) is 6.93. The Morgan fingerprint density at radius 2 is 1.68 bits per heavy atom. The highest BCUT2D eigenvalue weighted by Crippen LogP contribution is 2.28. The number of nitrogens with zero attached hydrogens (tertiary/aromatic N) is 1. The van der Waals surface area contributed by atoms with Gasteiger partial charge in [0.25, 0.3) is 5.91 Å². The number of halogens is 3. The third-order valence-electron chi connectivity index (χ3n) is 3.21. The van der Waals surface area contributed by atoms with Crippen molar-refractivity contribution in [3.63, 3.8) is 0 Å². The fraction of sp³-hybridized carbons (Fsp3) is 0.0588. The summed E-state index contributed by atoms with van der Waals surface area (Å²) in [5, 5.41) is 18.5. The SMILES string of the molecule is O=C(O)/C(O)=C/C(=O)N(Cc1ccc(F)cc1)c1ccc(Cl)c(Cl)c1. The van der Waals surface area contributed by atoms with Crippen molar-refractivity contribution in [1.82, 2.24) is 0 Å². The van der Waals surface area contributed by atoms with E-state index >= 15 is 0 Å². The van der Waals surface area contributed by atoms with Gasteiger partial charge in [-0.05, 0) is 35.9 Å². The molecule has 0 atom stereocenters. The maximum absolute atomic E-state index is 13.0. The van der Waals surface area contributed by atoms with Crippen LogP contribution in [0.15, 0.2) is 54.3 Å². The normalized spacial score (nSPS) is 11.2. The van der Waals surface area contributed by atoms with E-state index in [2.05, 4.69) is 0 Å². The van der Waals surface area contributed by atoms with Gasteiger partial charge in [-0.2, -0.15) is 0 Å². The Morgan fingerprint density at radius 3 is 2.24 bits per heavy atom. The number of hydrogen-bond acceptors (Lipinski definition) is 3. The van der Waals surface area contributed by atoms with Gasteiger partial charge in [0.2, 0.25) is 5.76 Å². The van der Waals surface area contributed by atoms with Crippen LogP contribution in [0.4, 0.5) is 10.1 Å². The van der Waals surface area contributed by atoms with Crippen LogP contribution in [-0.4, -0.2) is 22.1 Å². The molecule has 2 rings (SSSR count). The van der Waals surface area contributed by atoms with E-state index < -0.39 is 23.5 Å².